The zero-order valence-electron chi connectivity index (χ0n) is 15.8. The number of nitrogens with one attached hydrogen (secondary N) is 1. The van der Waals surface area contributed by atoms with E-state index in [9.17, 15) is 18.0 Å². The molecule has 2 aromatic heterocycles. The van der Waals surface area contributed by atoms with Gasteiger partial charge in [0.1, 0.15) is 11.6 Å². The van der Waals surface area contributed by atoms with Gasteiger partial charge in [-0.25, -0.2) is 4.98 Å². The molecule has 0 unspecified atom stereocenters. The molecule has 5 nitrogen and oxygen atoms in total. The van der Waals surface area contributed by atoms with Crippen LogP contribution < -0.4 is 5.32 Å². The van der Waals surface area contributed by atoms with Crippen molar-refractivity contribution in [3.8, 4) is 22.7 Å². The molecule has 0 fully saturated rings. The van der Waals surface area contributed by atoms with Gasteiger partial charge in [0.25, 0.3) is 5.91 Å². The number of alkyl halides is 3. The number of carbonyl (C=O) groups is 1. The van der Waals surface area contributed by atoms with Gasteiger partial charge in [-0.3, -0.25) is 4.79 Å². The summed E-state index contributed by atoms with van der Waals surface area (Å²) in [7, 11) is 1.87. The summed E-state index contributed by atoms with van der Waals surface area (Å²) in [5, 5.41) is 2.73. The second kappa shape index (κ2) is 7.55. The van der Waals surface area contributed by atoms with Gasteiger partial charge in [0.2, 0.25) is 0 Å². The van der Waals surface area contributed by atoms with Crippen molar-refractivity contribution in [2.45, 2.75) is 6.18 Å². The first kappa shape index (κ1) is 19.5. The molecule has 1 N–H and O–H groups in total. The van der Waals surface area contributed by atoms with Crippen molar-refractivity contribution >= 4 is 11.6 Å². The molecule has 0 aliphatic heterocycles. The van der Waals surface area contributed by atoms with Gasteiger partial charge < -0.3 is 14.3 Å². The zero-order valence-corrected chi connectivity index (χ0v) is 15.8. The number of amides is 1. The summed E-state index contributed by atoms with van der Waals surface area (Å²) in [5.41, 5.74) is 0.816. The SMILES string of the molecule is Cn1ccnc1-c1cccc(NC(=O)c2ccc(-c3cccc(C(F)(F)F)c3)o2)c1. The molecule has 0 radical (unpaired) electrons. The molecule has 8 heteroatoms. The molecule has 0 saturated carbocycles. The van der Waals surface area contributed by atoms with Gasteiger partial charge in [-0.15, -0.1) is 0 Å². The van der Waals surface area contributed by atoms with E-state index in [4.69, 9.17) is 4.42 Å². The largest absolute Gasteiger partial charge is 0.451 e. The standard InChI is InChI=1S/C22H16F3N3O2/c1-28-11-10-26-20(28)15-5-3-7-17(13-15)27-21(29)19-9-8-18(30-19)14-4-2-6-16(12-14)22(23,24)25/h2-13H,1H3,(H,27,29). The minimum absolute atomic E-state index is 0.00944. The summed E-state index contributed by atoms with van der Waals surface area (Å²) in [6, 6.07) is 14.8. The van der Waals surface area contributed by atoms with E-state index in [1.807, 2.05) is 23.9 Å². The lowest BCUT2D eigenvalue weighted by molar-refractivity contribution is -0.137. The van der Waals surface area contributed by atoms with Crippen molar-refractivity contribution in [1.29, 1.82) is 0 Å². The van der Waals surface area contributed by atoms with Crippen LogP contribution in [0.5, 0.6) is 0 Å². The predicted molar refractivity (Wildman–Crippen MR) is 106 cm³/mol. The van der Waals surface area contributed by atoms with Crippen molar-refractivity contribution in [2.24, 2.45) is 7.05 Å². The van der Waals surface area contributed by atoms with Crippen LogP contribution in [0.1, 0.15) is 16.1 Å². The number of furan rings is 1. The van der Waals surface area contributed by atoms with Gasteiger partial charge >= 0.3 is 6.18 Å². The number of nitrogens with zero attached hydrogens (tertiary/aromatic N) is 2. The van der Waals surface area contributed by atoms with E-state index < -0.39 is 17.6 Å². The molecule has 0 aliphatic rings. The first-order valence-electron chi connectivity index (χ1n) is 8.98. The molecule has 1 amide bonds. The molecule has 0 aliphatic carbocycles. The number of rotatable bonds is 4. The number of hydrogen-bond donors (Lipinski definition) is 1. The topological polar surface area (TPSA) is 60.1 Å². The molecule has 0 atom stereocenters. The Hall–Kier alpha value is -3.81. The highest BCUT2D eigenvalue weighted by Crippen LogP contribution is 2.32. The predicted octanol–water partition coefficient (Wildman–Crippen LogP) is 5.62. The lowest BCUT2D eigenvalue weighted by atomic mass is 10.1. The van der Waals surface area contributed by atoms with E-state index >= 15 is 0 Å². The third-order valence-corrected chi connectivity index (χ3v) is 4.50. The van der Waals surface area contributed by atoms with E-state index in [2.05, 4.69) is 10.3 Å². The molecule has 2 heterocycles. The fourth-order valence-electron chi connectivity index (χ4n) is 3.04. The van der Waals surface area contributed by atoms with Crippen LogP contribution in [-0.2, 0) is 13.2 Å². The van der Waals surface area contributed by atoms with Crippen LogP contribution in [0.25, 0.3) is 22.7 Å². The van der Waals surface area contributed by atoms with E-state index in [1.54, 1.807) is 24.4 Å². The van der Waals surface area contributed by atoms with E-state index in [0.717, 1.165) is 23.5 Å². The Morgan fingerprint density at radius 2 is 1.80 bits per heavy atom. The van der Waals surface area contributed by atoms with Crippen LogP contribution in [0.4, 0.5) is 18.9 Å². The van der Waals surface area contributed by atoms with Crippen molar-refractivity contribution in [1.82, 2.24) is 9.55 Å². The Morgan fingerprint density at radius 3 is 2.53 bits per heavy atom. The third-order valence-electron chi connectivity index (χ3n) is 4.50. The van der Waals surface area contributed by atoms with Gasteiger partial charge in [0, 0.05) is 36.3 Å². The van der Waals surface area contributed by atoms with E-state index in [1.165, 1.54) is 24.3 Å². The minimum atomic E-state index is -4.46. The minimum Gasteiger partial charge on any atom is -0.451 e. The Bertz CT molecular complexity index is 1210. The van der Waals surface area contributed by atoms with Crippen molar-refractivity contribution < 1.29 is 22.4 Å². The monoisotopic (exact) mass is 411 g/mol. The number of halogens is 3. The number of imidazole rings is 1. The lowest BCUT2D eigenvalue weighted by Crippen LogP contribution is -2.10. The van der Waals surface area contributed by atoms with Gasteiger partial charge in [-0.05, 0) is 36.4 Å². The smallest absolute Gasteiger partial charge is 0.416 e. The molecule has 2 aromatic carbocycles. The van der Waals surface area contributed by atoms with E-state index in [-0.39, 0.29) is 17.1 Å². The molecule has 0 bridgehead atoms. The summed E-state index contributed by atoms with van der Waals surface area (Å²) in [6.07, 6.45) is -0.960. The fourth-order valence-corrected chi connectivity index (χ4v) is 3.04. The fraction of sp³-hybridized carbons (Fsp3) is 0.0909. The lowest BCUT2D eigenvalue weighted by Gasteiger charge is -2.08. The van der Waals surface area contributed by atoms with Gasteiger partial charge in [-0.2, -0.15) is 13.2 Å². The second-order valence-electron chi connectivity index (χ2n) is 6.64. The zero-order chi connectivity index (χ0) is 21.3. The molecule has 30 heavy (non-hydrogen) atoms. The summed E-state index contributed by atoms with van der Waals surface area (Å²) < 4.78 is 46.1. The van der Waals surface area contributed by atoms with Crippen LogP contribution in [0.15, 0.2) is 77.5 Å². The Balaban J connectivity index is 1.54. The van der Waals surface area contributed by atoms with Crippen LogP contribution in [0.2, 0.25) is 0 Å². The first-order chi connectivity index (χ1) is 14.3. The summed E-state index contributed by atoms with van der Waals surface area (Å²) in [6.45, 7) is 0. The highest BCUT2D eigenvalue weighted by molar-refractivity contribution is 6.02. The van der Waals surface area contributed by atoms with Crippen molar-refractivity contribution in [3.05, 3.63) is 84.4 Å². The van der Waals surface area contributed by atoms with E-state index in [0.29, 0.717) is 5.69 Å². The molecule has 0 spiro atoms. The maximum absolute atomic E-state index is 12.9. The second-order valence-corrected chi connectivity index (χ2v) is 6.64. The summed E-state index contributed by atoms with van der Waals surface area (Å²) in [4.78, 5) is 16.8. The number of anilines is 1. The average Bonchev–Trinajstić information content (AvgIpc) is 3.37. The molecule has 152 valence electrons. The van der Waals surface area contributed by atoms with Crippen LogP contribution in [-0.4, -0.2) is 15.5 Å². The number of aryl methyl sites for hydroxylation is 1. The average molecular weight is 411 g/mol. The summed E-state index contributed by atoms with van der Waals surface area (Å²) >= 11 is 0. The van der Waals surface area contributed by atoms with Crippen molar-refractivity contribution in [2.75, 3.05) is 5.32 Å². The molecule has 4 aromatic rings. The maximum Gasteiger partial charge on any atom is 0.416 e. The Labute approximate surface area is 169 Å². The number of benzene rings is 2. The highest BCUT2D eigenvalue weighted by atomic mass is 19.4. The van der Waals surface area contributed by atoms with Gasteiger partial charge in [-0.1, -0.05) is 24.3 Å². The molecule has 0 saturated heterocycles. The first-order valence-corrected chi connectivity index (χ1v) is 8.98. The van der Waals surface area contributed by atoms with Crippen LogP contribution >= 0.6 is 0 Å². The number of carbonyl (C=O) groups excluding carboxylic acids is 1. The quantitative estimate of drug-likeness (QED) is 0.474. The highest BCUT2D eigenvalue weighted by Gasteiger charge is 2.30. The van der Waals surface area contributed by atoms with Crippen LogP contribution in [0, 0.1) is 0 Å². The van der Waals surface area contributed by atoms with Gasteiger partial charge in [0.15, 0.2) is 5.76 Å². The normalized spacial score (nSPS) is 11.5. The Morgan fingerprint density at radius 1 is 1.03 bits per heavy atom. The Kier molecular flexibility index (Phi) is 4.91. The number of aromatic nitrogens is 2. The number of hydrogen-bond acceptors (Lipinski definition) is 3. The molecular weight excluding hydrogens is 395 g/mol. The van der Waals surface area contributed by atoms with Crippen LogP contribution in [0.3, 0.4) is 0 Å². The molecular formula is C22H16F3N3O2. The summed E-state index contributed by atoms with van der Waals surface area (Å²) in [5.74, 6) is 0.402. The third kappa shape index (κ3) is 3.98. The van der Waals surface area contributed by atoms with Crippen molar-refractivity contribution in [3.63, 3.8) is 0 Å². The molecule has 4 rings (SSSR count). The van der Waals surface area contributed by atoms with Gasteiger partial charge in [0.05, 0.1) is 5.56 Å². The maximum atomic E-state index is 12.9.